The Kier molecular flexibility index (Phi) is 13.7. The van der Waals surface area contributed by atoms with Crippen LogP contribution in [0.4, 0.5) is 0 Å². The number of hydrogen-bond donors (Lipinski definition) is 0. The number of hydrogen-bond acceptors (Lipinski definition) is 8. The van der Waals surface area contributed by atoms with Crippen molar-refractivity contribution < 1.29 is 38.1 Å². The molecule has 0 saturated carbocycles. The van der Waals surface area contributed by atoms with E-state index < -0.39 is 18.2 Å². The van der Waals surface area contributed by atoms with Gasteiger partial charge in [0.2, 0.25) is 0 Å². The van der Waals surface area contributed by atoms with E-state index in [1.807, 2.05) is 44.2 Å². The van der Waals surface area contributed by atoms with Crippen molar-refractivity contribution in [3.63, 3.8) is 0 Å². The Morgan fingerprint density at radius 3 is 2.36 bits per heavy atom. The summed E-state index contributed by atoms with van der Waals surface area (Å²) in [5, 5.41) is 0. The van der Waals surface area contributed by atoms with Gasteiger partial charge in [-0.3, -0.25) is 9.59 Å². The number of allylic oxidation sites excluding steroid dienone is 5. The normalized spacial score (nSPS) is 33.4. The SMILES string of the molecule is COC(=O)/C=C1\C[C@H]2CC(=O)O[C@@H](/C=C/C=C\C=C(/C)CC(=O)OC)[C@@H](C)/C=C/[C@H](C)C[C@H]3CCCC(C[C@@H](C1)O2)O3. The summed E-state index contributed by atoms with van der Waals surface area (Å²) < 4.78 is 28.5. The van der Waals surface area contributed by atoms with E-state index in [1.54, 1.807) is 0 Å². The molecule has 0 aromatic heterocycles. The fourth-order valence-electron chi connectivity index (χ4n) is 5.75. The molecule has 7 atom stereocenters. The van der Waals surface area contributed by atoms with E-state index in [1.165, 1.54) is 20.3 Å². The number of cyclic esters (lactones) is 1. The third-order valence-electron chi connectivity index (χ3n) is 7.96. The molecule has 2 saturated heterocycles. The summed E-state index contributed by atoms with van der Waals surface area (Å²) in [6, 6.07) is 0. The van der Waals surface area contributed by atoms with Crippen LogP contribution in [0.15, 0.2) is 59.8 Å². The van der Waals surface area contributed by atoms with Crippen LogP contribution >= 0.6 is 0 Å². The van der Waals surface area contributed by atoms with Crippen LogP contribution in [0.25, 0.3) is 0 Å². The third-order valence-corrected chi connectivity index (χ3v) is 7.96. The van der Waals surface area contributed by atoms with E-state index in [4.69, 9.17) is 23.7 Å². The Morgan fingerprint density at radius 2 is 1.62 bits per heavy atom. The van der Waals surface area contributed by atoms with Gasteiger partial charge in [-0.15, -0.1) is 0 Å². The molecule has 0 N–H and O–H groups in total. The summed E-state index contributed by atoms with van der Waals surface area (Å²) in [5.74, 6) is -0.764. The molecular weight excluding hydrogens is 536 g/mol. The lowest BCUT2D eigenvalue weighted by molar-refractivity contribution is -0.154. The first-order chi connectivity index (χ1) is 20.1. The molecule has 3 heterocycles. The van der Waals surface area contributed by atoms with E-state index >= 15 is 0 Å². The molecule has 8 nitrogen and oxygen atoms in total. The van der Waals surface area contributed by atoms with Crippen molar-refractivity contribution in [3.8, 4) is 0 Å². The molecule has 2 fully saturated rings. The molecular formula is C34H48O8. The lowest BCUT2D eigenvalue weighted by Crippen LogP contribution is -2.37. The second-order valence-corrected chi connectivity index (χ2v) is 11.8. The van der Waals surface area contributed by atoms with Gasteiger partial charge in [-0.25, -0.2) is 4.79 Å². The number of methoxy groups -OCH3 is 2. The van der Waals surface area contributed by atoms with Gasteiger partial charge in [-0.1, -0.05) is 61.4 Å². The second-order valence-electron chi connectivity index (χ2n) is 11.8. The van der Waals surface area contributed by atoms with Gasteiger partial charge in [0.05, 0.1) is 51.5 Å². The van der Waals surface area contributed by atoms with E-state index in [0.29, 0.717) is 18.8 Å². The predicted octanol–water partition coefficient (Wildman–Crippen LogP) is 6.12. The maximum Gasteiger partial charge on any atom is 0.330 e. The van der Waals surface area contributed by atoms with Crippen LogP contribution in [-0.2, 0) is 38.1 Å². The van der Waals surface area contributed by atoms with Gasteiger partial charge in [0.15, 0.2) is 0 Å². The van der Waals surface area contributed by atoms with Gasteiger partial charge >= 0.3 is 17.9 Å². The van der Waals surface area contributed by atoms with Crippen LogP contribution in [-0.4, -0.2) is 62.6 Å². The van der Waals surface area contributed by atoms with Crippen LogP contribution in [0.2, 0.25) is 0 Å². The van der Waals surface area contributed by atoms with Crippen LogP contribution < -0.4 is 0 Å². The molecule has 4 bridgehead atoms. The average Bonchev–Trinajstić information content (AvgIpc) is 2.94. The molecule has 0 aliphatic carbocycles. The van der Waals surface area contributed by atoms with E-state index in [0.717, 1.165) is 43.3 Å². The highest BCUT2D eigenvalue weighted by atomic mass is 16.6. The molecule has 8 heteroatoms. The van der Waals surface area contributed by atoms with E-state index in [9.17, 15) is 14.4 Å². The molecule has 42 heavy (non-hydrogen) atoms. The van der Waals surface area contributed by atoms with Crippen molar-refractivity contribution in [1.82, 2.24) is 0 Å². The highest BCUT2D eigenvalue weighted by Gasteiger charge is 2.33. The minimum atomic E-state index is -0.474. The molecule has 0 aromatic carbocycles. The molecule has 0 aromatic rings. The lowest BCUT2D eigenvalue weighted by atomic mass is 9.89. The summed E-state index contributed by atoms with van der Waals surface area (Å²) in [5.41, 5.74) is 1.80. The molecule has 3 rings (SSSR count). The standard InChI is InChI=1S/C34H48O8/c1-23(17-32(35)38-4)10-7-6-8-13-31-25(3)15-14-24(2)16-27-11-9-12-28(40-27)21-29-18-26(20-33(36)39-5)19-30(41-29)22-34(37)42-31/h6-8,10,13-15,20,24-25,27-31H,9,11-12,16-19,21-22H2,1-5H3/b7-6-,13-8+,15-14+,23-10+,26-20-/t24-,25-,27+,28?,29+,30-,31-/m0/s1. The summed E-state index contributed by atoms with van der Waals surface area (Å²) in [7, 11) is 2.74. The monoisotopic (exact) mass is 584 g/mol. The van der Waals surface area contributed by atoms with Crippen molar-refractivity contribution in [2.75, 3.05) is 14.2 Å². The zero-order chi connectivity index (χ0) is 30.5. The summed E-state index contributed by atoms with van der Waals surface area (Å²) in [6.07, 6.45) is 20.7. The average molecular weight is 585 g/mol. The minimum absolute atomic E-state index is 0.0552. The number of ether oxygens (including phenoxy) is 5. The number of rotatable bonds is 6. The zero-order valence-electron chi connectivity index (χ0n) is 25.8. The molecule has 0 spiro atoms. The topological polar surface area (TPSA) is 97.4 Å². The van der Waals surface area contributed by atoms with Crippen molar-refractivity contribution in [2.45, 2.75) is 109 Å². The van der Waals surface area contributed by atoms with E-state index in [-0.39, 0.29) is 49.0 Å². The summed E-state index contributed by atoms with van der Waals surface area (Å²) in [4.78, 5) is 36.7. The molecule has 1 unspecified atom stereocenters. The Balaban J connectivity index is 1.80. The Bertz CT molecular complexity index is 1070. The quantitative estimate of drug-likeness (QED) is 0.121. The van der Waals surface area contributed by atoms with Gasteiger partial charge in [-0.2, -0.15) is 0 Å². The van der Waals surface area contributed by atoms with Crippen LogP contribution in [0, 0.1) is 11.8 Å². The Labute approximate surface area is 250 Å². The molecule has 232 valence electrons. The first kappa shape index (κ1) is 33.5. The smallest absolute Gasteiger partial charge is 0.330 e. The summed E-state index contributed by atoms with van der Waals surface area (Å²) in [6.45, 7) is 6.10. The Morgan fingerprint density at radius 1 is 0.905 bits per heavy atom. The highest BCUT2D eigenvalue weighted by molar-refractivity contribution is 5.82. The third kappa shape index (κ3) is 11.7. The molecule has 3 aliphatic heterocycles. The minimum Gasteiger partial charge on any atom is -0.469 e. The fraction of sp³-hybridized carbons (Fsp3) is 0.618. The second kappa shape index (κ2) is 17.2. The van der Waals surface area contributed by atoms with Gasteiger partial charge < -0.3 is 23.7 Å². The van der Waals surface area contributed by atoms with Crippen molar-refractivity contribution >= 4 is 17.9 Å². The zero-order valence-corrected chi connectivity index (χ0v) is 25.8. The maximum atomic E-state index is 13.2. The van der Waals surface area contributed by atoms with Gasteiger partial charge in [-0.05, 0) is 57.4 Å². The first-order valence-electron chi connectivity index (χ1n) is 15.2. The molecule has 3 aliphatic rings. The van der Waals surface area contributed by atoms with Crippen LogP contribution in [0.5, 0.6) is 0 Å². The largest absolute Gasteiger partial charge is 0.469 e. The van der Waals surface area contributed by atoms with Crippen molar-refractivity contribution in [2.24, 2.45) is 11.8 Å². The summed E-state index contributed by atoms with van der Waals surface area (Å²) >= 11 is 0. The van der Waals surface area contributed by atoms with Gasteiger partial charge in [0.25, 0.3) is 0 Å². The number of carbonyl (C=O) groups excluding carboxylic acids is 3. The number of carbonyl (C=O) groups is 3. The van der Waals surface area contributed by atoms with Crippen molar-refractivity contribution in [1.29, 1.82) is 0 Å². The lowest BCUT2D eigenvalue weighted by Gasteiger charge is -2.37. The van der Waals surface area contributed by atoms with Crippen LogP contribution in [0.1, 0.15) is 78.6 Å². The van der Waals surface area contributed by atoms with Crippen LogP contribution in [0.3, 0.4) is 0 Å². The number of esters is 3. The van der Waals surface area contributed by atoms with Gasteiger partial charge in [0, 0.05) is 18.4 Å². The maximum absolute atomic E-state index is 13.2. The number of fused-ring (bicyclic) bond motifs is 4. The predicted molar refractivity (Wildman–Crippen MR) is 160 cm³/mol. The van der Waals surface area contributed by atoms with Crippen molar-refractivity contribution in [3.05, 3.63) is 59.8 Å². The van der Waals surface area contributed by atoms with E-state index in [2.05, 4.69) is 19.1 Å². The molecule has 0 radical (unpaired) electrons. The fourth-order valence-corrected chi connectivity index (χ4v) is 5.75. The first-order valence-corrected chi connectivity index (χ1v) is 15.2. The molecule has 0 amide bonds. The Hall–Kier alpha value is -2.97. The van der Waals surface area contributed by atoms with Gasteiger partial charge in [0.1, 0.15) is 6.10 Å². The highest BCUT2D eigenvalue weighted by Crippen LogP contribution is 2.33.